The number of halogens is 1. The van der Waals surface area contributed by atoms with Crippen LogP contribution in [0.4, 0.5) is 5.69 Å². The predicted molar refractivity (Wildman–Crippen MR) is 105 cm³/mol. The highest BCUT2D eigenvalue weighted by Gasteiger charge is 2.18. The Morgan fingerprint density at radius 2 is 1.92 bits per heavy atom. The molecule has 0 aliphatic rings. The van der Waals surface area contributed by atoms with Gasteiger partial charge in [0, 0.05) is 10.9 Å². The van der Waals surface area contributed by atoms with E-state index in [1.165, 1.54) is 11.8 Å². The van der Waals surface area contributed by atoms with Crippen molar-refractivity contribution in [2.45, 2.75) is 17.3 Å². The normalized spacial score (nSPS) is 12.4. The van der Waals surface area contributed by atoms with Gasteiger partial charge in [0.15, 0.2) is 5.65 Å². The zero-order valence-electron chi connectivity index (χ0n) is 13.7. The Balaban J connectivity index is 1.53. The number of anilines is 1. The van der Waals surface area contributed by atoms with Crippen molar-refractivity contribution in [2.24, 2.45) is 0 Å². The average Bonchev–Trinajstić information content (AvgIpc) is 3.01. The molecule has 4 aromatic rings. The Bertz CT molecular complexity index is 1110. The molecule has 8 heteroatoms. The molecule has 26 heavy (non-hydrogen) atoms. The number of carbonyl (C=O) groups is 1. The van der Waals surface area contributed by atoms with Gasteiger partial charge >= 0.3 is 0 Å². The smallest absolute Gasteiger partial charge is 0.237 e. The summed E-state index contributed by atoms with van der Waals surface area (Å²) >= 11 is 7.32. The SMILES string of the molecule is CC(Sc1nnc2c(n1)[nH]c1ccccc12)C(=O)Nc1ccccc1Cl. The number of carbonyl (C=O) groups excluding carboxylic acids is 1. The maximum absolute atomic E-state index is 12.4. The van der Waals surface area contributed by atoms with E-state index in [-0.39, 0.29) is 5.91 Å². The molecule has 1 unspecified atom stereocenters. The van der Waals surface area contributed by atoms with Gasteiger partial charge in [0.05, 0.1) is 16.0 Å². The molecule has 0 saturated heterocycles. The van der Waals surface area contributed by atoms with Crippen molar-refractivity contribution in [1.29, 1.82) is 0 Å². The molecule has 1 amide bonds. The lowest BCUT2D eigenvalue weighted by molar-refractivity contribution is -0.115. The van der Waals surface area contributed by atoms with Crippen LogP contribution in [-0.4, -0.2) is 31.3 Å². The molecule has 0 aliphatic heterocycles. The van der Waals surface area contributed by atoms with E-state index in [4.69, 9.17) is 11.6 Å². The Labute approximate surface area is 158 Å². The third-order valence-electron chi connectivity index (χ3n) is 3.89. The largest absolute Gasteiger partial charge is 0.338 e. The maximum atomic E-state index is 12.4. The molecule has 130 valence electrons. The first kappa shape index (κ1) is 16.8. The van der Waals surface area contributed by atoms with Gasteiger partial charge in [-0.25, -0.2) is 4.98 Å². The molecular formula is C18H14ClN5OS. The zero-order valence-corrected chi connectivity index (χ0v) is 15.3. The van der Waals surface area contributed by atoms with Gasteiger partial charge < -0.3 is 10.3 Å². The van der Waals surface area contributed by atoms with E-state index in [0.29, 0.717) is 21.5 Å². The van der Waals surface area contributed by atoms with Crippen LogP contribution in [0.5, 0.6) is 0 Å². The van der Waals surface area contributed by atoms with Crippen LogP contribution >= 0.6 is 23.4 Å². The lowest BCUT2D eigenvalue weighted by Crippen LogP contribution is -2.22. The molecule has 2 heterocycles. The first-order valence-electron chi connectivity index (χ1n) is 7.95. The van der Waals surface area contributed by atoms with E-state index >= 15 is 0 Å². The van der Waals surface area contributed by atoms with Crippen molar-refractivity contribution >= 4 is 57.0 Å². The minimum atomic E-state index is -0.407. The average molecular weight is 384 g/mol. The predicted octanol–water partition coefficient (Wildman–Crippen LogP) is 4.28. The van der Waals surface area contributed by atoms with E-state index < -0.39 is 5.25 Å². The Hall–Kier alpha value is -2.64. The summed E-state index contributed by atoms with van der Waals surface area (Å²) in [5.74, 6) is -0.177. The number of nitrogens with one attached hydrogen (secondary N) is 2. The van der Waals surface area contributed by atoms with Crippen LogP contribution in [0.15, 0.2) is 53.7 Å². The lowest BCUT2D eigenvalue weighted by atomic mass is 10.2. The van der Waals surface area contributed by atoms with E-state index in [1.807, 2.05) is 36.4 Å². The number of benzene rings is 2. The summed E-state index contributed by atoms with van der Waals surface area (Å²) in [5.41, 5.74) is 2.91. The number of aromatic nitrogens is 4. The number of thioether (sulfide) groups is 1. The van der Waals surface area contributed by atoms with Gasteiger partial charge in [-0.05, 0) is 25.1 Å². The molecule has 2 aromatic carbocycles. The lowest BCUT2D eigenvalue weighted by Gasteiger charge is -2.11. The zero-order chi connectivity index (χ0) is 18.1. The molecule has 6 nitrogen and oxygen atoms in total. The van der Waals surface area contributed by atoms with Crippen LogP contribution in [0.3, 0.4) is 0 Å². The molecule has 0 radical (unpaired) electrons. The number of aromatic amines is 1. The highest BCUT2D eigenvalue weighted by atomic mass is 35.5. The Morgan fingerprint density at radius 1 is 1.15 bits per heavy atom. The summed E-state index contributed by atoms with van der Waals surface area (Å²) in [6.07, 6.45) is 0. The van der Waals surface area contributed by atoms with E-state index in [0.717, 1.165) is 16.4 Å². The summed E-state index contributed by atoms with van der Waals surface area (Å²) in [4.78, 5) is 20.1. The molecule has 0 fully saturated rings. The summed E-state index contributed by atoms with van der Waals surface area (Å²) in [6, 6.07) is 14.9. The van der Waals surface area contributed by atoms with Gasteiger partial charge in [0.1, 0.15) is 5.52 Å². The van der Waals surface area contributed by atoms with Gasteiger partial charge in [0.2, 0.25) is 11.1 Å². The number of hydrogen-bond acceptors (Lipinski definition) is 5. The summed E-state index contributed by atoms with van der Waals surface area (Å²) in [5, 5.41) is 12.7. The van der Waals surface area contributed by atoms with Gasteiger partial charge in [-0.15, -0.1) is 10.2 Å². The molecule has 2 aromatic heterocycles. The molecule has 2 N–H and O–H groups in total. The number of para-hydroxylation sites is 2. The fourth-order valence-corrected chi connectivity index (χ4v) is 3.46. The van der Waals surface area contributed by atoms with Gasteiger partial charge in [0.25, 0.3) is 0 Å². The third-order valence-corrected chi connectivity index (χ3v) is 5.17. The molecular weight excluding hydrogens is 370 g/mol. The van der Waals surface area contributed by atoms with Crippen LogP contribution in [0.1, 0.15) is 6.92 Å². The van der Waals surface area contributed by atoms with E-state index in [2.05, 4.69) is 25.5 Å². The second-order valence-electron chi connectivity index (χ2n) is 5.69. The number of nitrogens with zero attached hydrogens (tertiary/aromatic N) is 3. The number of hydrogen-bond donors (Lipinski definition) is 2. The van der Waals surface area contributed by atoms with Gasteiger partial charge in [-0.2, -0.15) is 0 Å². The Morgan fingerprint density at radius 3 is 2.77 bits per heavy atom. The third kappa shape index (κ3) is 3.23. The number of amides is 1. The van der Waals surface area contributed by atoms with Gasteiger partial charge in [-0.3, -0.25) is 4.79 Å². The van der Waals surface area contributed by atoms with Crippen molar-refractivity contribution in [2.75, 3.05) is 5.32 Å². The molecule has 0 saturated carbocycles. The van der Waals surface area contributed by atoms with Crippen molar-refractivity contribution in [3.05, 3.63) is 53.6 Å². The van der Waals surface area contributed by atoms with Crippen molar-refractivity contribution in [3.8, 4) is 0 Å². The molecule has 4 rings (SSSR count). The molecule has 0 aliphatic carbocycles. The summed E-state index contributed by atoms with van der Waals surface area (Å²) in [7, 11) is 0. The van der Waals surface area contributed by atoms with E-state index in [9.17, 15) is 4.79 Å². The number of fused-ring (bicyclic) bond motifs is 3. The standard InChI is InChI=1S/C18H14ClN5OS/c1-10(17(25)21-14-9-5-3-7-12(14)19)26-18-22-16-15(23-24-18)11-6-2-4-8-13(11)20-16/h2-10H,1H3,(H,21,25)(H,20,22,24). The minimum Gasteiger partial charge on any atom is -0.338 e. The maximum Gasteiger partial charge on any atom is 0.237 e. The summed E-state index contributed by atoms with van der Waals surface area (Å²) < 4.78 is 0. The number of rotatable bonds is 4. The number of H-pyrrole nitrogens is 1. The monoisotopic (exact) mass is 383 g/mol. The van der Waals surface area contributed by atoms with Crippen molar-refractivity contribution < 1.29 is 4.79 Å². The topological polar surface area (TPSA) is 83.6 Å². The fourth-order valence-electron chi connectivity index (χ4n) is 2.56. The quantitative estimate of drug-likeness (QED) is 0.514. The molecule has 0 bridgehead atoms. The first-order chi connectivity index (χ1) is 12.6. The van der Waals surface area contributed by atoms with Gasteiger partial charge in [-0.1, -0.05) is 53.7 Å². The highest BCUT2D eigenvalue weighted by molar-refractivity contribution is 8.00. The highest BCUT2D eigenvalue weighted by Crippen LogP contribution is 2.26. The van der Waals surface area contributed by atoms with Crippen LogP contribution in [0.2, 0.25) is 5.02 Å². The first-order valence-corrected chi connectivity index (χ1v) is 9.21. The van der Waals surface area contributed by atoms with Crippen LogP contribution in [-0.2, 0) is 4.79 Å². The Kier molecular flexibility index (Phi) is 4.48. The van der Waals surface area contributed by atoms with Crippen molar-refractivity contribution in [1.82, 2.24) is 20.2 Å². The fraction of sp³-hybridized carbons (Fsp3) is 0.111. The van der Waals surface area contributed by atoms with Crippen LogP contribution < -0.4 is 5.32 Å². The van der Waals surface area contributed by atoms with E-state index in [1.54, 1.807) is 19.1 Å². The van der Waals surface area contributed by atoms with Crippen LogP contribution in [0.25, 0.3) is 22.1 Å². The molecule has 1 atom stereocenters. The van der Waals surface area contributed by atoms with Crippen molar-refractivity contribution in [3.63, 3.8) is 0 Å². The van der Waals surface area contributed by atoms with Crippen LogP contribution in [0, 0.1) is 0 Å². The minimum absolute atomic E-state index is 0.177. The second kappa shape index (κ2) is 6.93. The molecule has 0 spiro atoms. The summed E-state index contributed by atoms with van der Waals surface area (Å²) in [6.45, 7) is 1.79. The second-order valence-corrected chi connectivity index (χ2v) is 7.41.